The van der Waals surface area contributed by atoms with Crippen LogP contribution in [0.3, 0.4) is 0 Å². The number of ether oxygens (including phenoxy) is 1. The molecule has 0 bridgehead atoms. The minimum absolute atomic E-state index is 0.755. The average molecular weight is 388 g/mol. The predicted octanol–water partition coefficient (Wildman–Crippen LogP) is 2.45. The summed E-state index contributed by atoms with van der Waals surface area (Å²) in [7, 11) is 1.85. The van der Waals surface area contributed by atoms with E-state index in [0.717, 1.165) is 57.9 Å². The van der Waals surface area contributed by atoms with E-state index in [1.807, 2.05) is 7.05 Å². The topological polar surface area (TPSA) is 52.1 Å². The van der Waals surface area contributed by atoms with E-state index < -0.39 is 0 Å². The molecule has 0 spiro atoms. The molecule has 2 fully saturated rings. The molecule has 1 atom stereocenters. The third-order valence-corrected chi connectivity index (χ3v) is 5.93. The molecule has 0 aromatic heterocycles. The van der Waals surface area contributed by atoms with Crippen LogP contribution in [0.2, 0.25) is 0 Å². The fourth-order valence-corrected chi connectivity index (χ4v) is 4.31. The lowest BCUT2D eigenvalue weighted by atomic mass is 10.0. The summed E-state index contributed by atoms with van der Waals surface area (Å²) in [4.78, 5) is 9.46. The SMILES string of the molecule is CCC1CCCCN1CCNC(=NC)NCc1ccccc1N1CCOCC1. The fourth-order valence-electron chi connectivity index (χ4n) is 4.31. The molecule has 156 valence electrons. The van der Waals surface area contributed by atoms with Crippen molar-refractivity contribution in [1.29, 1.82) is 0 Å². The van der Waals surface area contributed by atoms with Gasteiger partial charge in [0.2, 0.25) is 0 Å². The predicted molar refractivity (Wildman–Crippen MR) is 117 cm³/mol. The van der Waals surface area contributed by atoms with Gasteiger partial charge in [0.1, 0.15) is 0 Å². The van der Waals surface area contributed by atoms with Gasteiger partial charge in [-0.3, -0.25) is 9.89 Å². The highest BCUT2D eigenvalue weighted by molar-refractivity contribution is 5.79. The number of rotatable bonds is 7. The van der Waals surface area contributed by atoms with Crippen molar-refractivity contribution in [2.45, 2.75) is 45.2 Å². The van der Waals surface area contributed by atoms with Crippen molar-refractivity contribution < 1.29 is 4.74 Å². The third kappa shape index (κ3) is 5.85. The van der Waals surface area contributed by atoms with Gasteiger partial charge in [-0.1, -0.05) is 31.5 Å². The van der Waals surface area contributed by atoms with E-state index in [-0.39, 0.29) is 0 Å². The number of morpholine rings is 1. The molecular formula is C22H37N5O. The quantitative estimate of drug-likeness (QED) is 0.556. The number of guanidine groups is 1. The number of piperidine rings is 1. The first-order valence-electron chi connectivity index (χ1n) is 10.9. The number of likely N-dealkylation sites (tertiary alicyclic amines) is 1. The van der Waals surface area contributed by atoms with Crippen LogP contribution in [0, 0.1) is 0 Å². The summed E-state index contributed by atoms with van der Waals surface area (Å²) in [6.45, 7) is 9.86. The van der Waals surface area contributed by atoms with Gasteiger partial charge in [0.25, 0.3) is 0 Å². The molecule has 2 N–H and O–H groups in total. The van der Waals surface area contributed by atoms with Gasteiger partial charge in [-0.15, -0.1) is 0 Å². The molecule has 0 amide bonds. The second kappa shape index (κ2) is 11.3. The van der Waals surface area contributed by atoms with Gasteiger partial charge in [-0.2, -0.15) is 0 Å². The van der Waals surface area contributed by atoms with Crippen molar-refractivity contribution in [2.24, 2.45) is 4.99 Å². The highest BCUT2D eigenvalue weighted by Crippen LogP contribution is 2.21. The molecule has 6 heteroatoms. The van der Waals surface area contributed by atoms with Crippen LogP contribution < -0.4 is 15.5 Å². The van der Waals surface area contributed by atoms with Crippen LogP contribution in [0.4, 0.5) is 5.69 Å². The molecule has 2 aliphatic heterocycles. The molecule has 0 radical (unpaired) electrons. The van der Waals surface area contributed by atoms with Gasteiger partial charge in [-0.25, -0.2) is 0 Å². The van der Waals surface area contributed by atoms with Gasteiger partial charge in [-0.05, 0) is 37.4 Å². The lowest BCUT2D eigenvalue weighted by Gasteiger charge is -2.35. The number of hydrogen-bond donors (Lipinski definition) is 2. The van der Waals surface area contributed by atoms with E-state index in [9.17, 15) is 0 Å². The molecule has 2 heterocycles. The monoisotopic (exact) mass is 387 g/mol. The van der Waals surface area contributed by atoms with Crippen molar-refractivity contribution in [3.63, 3.8) is 0 Å². The number of nitrogens with one attached hydrogen (secondary N) is 2. The number of anilines is 1. The van der Waals surface area contributed by atoms with Crippen molar-refractivity contribution in [2.75, 3.05) is 57.9 Å². The van der Waals surface area contributed by atoms with Crippen LogP contribution in [-0.2, 0) is 11.3 Å². The number of para-hydroxylation sites is 1. The molecule has 1 aromatic rings. The number of hydrogen-bond acceptors (Lipinski definition) is 4. The lowest BCUT2D eigenvalue weighted by Crippen LogP contribution is -2.45. The van der Waals surface area contributed by atoms with Crippen molar-refractivity contribution in [1.82, 2.24) is 15.5 Å². The second-order valence-corrected chi connectivity index (χ2v) is 7.67. The third-order valence-electron chi connectivity index (χ3n) is 5.93. The Labute approximate surface area is 170 Å². The molecule has 3 rings (SSSR count). The second-order valence-electron chi connectivity index (χ2n) is 7.67. The van der Waals surface area contributed by atoms with Crippen LogP contribution in [0.15, 0.2) is 29.3 Å². The van der Waals surface area contributed by atoms with Crippen LogP contribution in [-0.4, -0.2) is 69.9 Å². The molecular weight excluding hydrogens is 350 g/mol. The largest absolute Gasteiger partial charge is 0.378 e. The van der Waals surface area contributed by atoms with Crippen LogP contribution in [0.1, 0.15) is 38.2 Å². The Morgan fingerprint density at radius 3 is 2.75 bits per heavy atom. The number of benzene rings is 1. The summed E-state index contributed by atoms with van der Waals surface area (Å²) in [5.74, 6) is 0.877. The van der Waals surface area contributed by atoms with Crippen molar-refractivity contribution >= 4 is 11.6 Å². The van der Waals surface area contributed by atoms with Gasteiger partial charge >= 0.3 is 0 Å². The minimum atomic E-state index is 0.755. The van der Waals surface area contributed by atoms with Gasteiger partial charge in [0, 0.05) is 51.5 Å². The summed E-state index contributed by atoms with van der Waals surface area (Å²) in [6.07, 6.45) is 5.32. The Morgan fingerprint density at radius 1 is 1.14 bits per heavy atom. The van der Waals surface area contributed by atoms with E-state index >= 15 is 0 Å². The number of aliphatic imine (C=N–C) groups is 1. The highest BCUT2D eigenvalue weighted by Gasteiger charge is 2.20. The smallest absolute Gasteiger partial charge is 0.191 e. The summed E-state index contributed by atoms with van der Waals surface area (Å²) >= 11 is 0. The summed E-state index contributed by atoms with van der Waals surface area (Å²) in [6, 6.07) is 9.39. The zero-order chi connectivity index (χ0) is 19.6. The first-order valence-corrected chi connectivity index (χ1v) is 10.9. The summed E-state index contributed by atoms with van der Waals surface area (Å²) in [5, 5.41) is 6.98. The molecule has 0 saturated carbocycles. The Hall–Kier alpha value is -1.79. The van der Waals surface area contributed by atoms with Crippen LogP contribution in [0.25, 0.3) is 0 Å². The van der Waals surface area contributed by atoms with E-state index in [0.29, 0.717) is 0 Å². The standard InChI is InChI=1S/C22H37N5O/c1-3-20-9-6-7-12-26(20)13-11-24-22(23-2)25-18-19-8-4-5-10-21(19)27-14-16-28-17-15-27/h4-5,8,10,20H,3,6-7,9,11-18H2,1-2H3,(H2,23,24,25). The van der Waals surface area contributed by atoms with Crippen molar-refractivity contribution in [3.8, 4) is 0 Å². The Morgan fingerprint density at radius 2 is 1.96 bits per heavy atom. The molecule has 1 unspecified atom stereocenters. The highest BCUT2D eigenvalue weighted by atomic mass is 16.5. The normalized spacial score (nSPS) is 21.6. The fraction of sp³-hybridized carbons (Fsp3) is 0.682. The summed E-state index contributed by atoms with van der Waals surface area (Å²) in [5.41, 5.74) is 2.60. The van der Waals surface area contributed by atoms with E-state index in [4.69, 9.17) is 4.74 Å². The first kappa shape index (κ1) is 20.9. The maximum absolute atomic E-state index is 5.50. The average Bonchev–Trinajstić information content (AvgIpc) is 2.77. The minimum Gasteiger partial charge on any atom is -0.378 e. The summed E-state index contributed by atoms with van der Waals surface area (Å²) < 4.78 is 5.50. The van der Waals surface area contributed by atoms with Crippen LogP contribution in [0.5, 0.6) is 0 Å². The molecule has 2 saturated heterocycles. The zero-order valence-electron chi connectivity index (χ0n) is 17.6. The van der Waals surface area contributed by atoms with Gasteiger partial charge < -0.3 is 20.3 Å². The maximum atomic E-state index is 5.50. The van der Waals surface area contributed by atoms with E-state index in [2.05, 4.69) is 56.6 Å². The Bertz CT molecular complexity index is 615. The molecule has 1 aromatic carbocycles. The molecule has 6 nitrogen and oxygen atoms in total. The zero-order valence-corrected chi connectivity index (χ0v) is 17.6. The molecule has 0 aliphatic carbocycles. The van der Waals surface area contributed by atoms with E-state index in [1.54, 1.807) is 0 Å². The Balaban J connectivity index is 1.48. The van der Waals surface area contributed by atoms with Gasteiger partial charge in [0.15, 0.2) is 5.96 Å². The lowest BCUT2D eigenvalue weighted by molar-refractivity contribution is 0.122. The first-order chi connectivity index (χ1) is 13.8. The number of nitrogens with zero attached hydrogens (tertiary/aromatic N) is 3. The van der Waals surface area contributed by atoms with Crippen molar-refractivity contribution in [3.05, 3.63) is 29.8 Å². The Kier molecular flexibility index (Phi) is 8.42. The van der Waals surface area contributed by atoms with Crippen LogP contribution >= 0.6 is 0 Å². The molecule has 2 aliphatic rings. The van der Waals surface area contributed by atoms with E-state index in [1.165, 1.54) is 43.5 Å². The van der Waals surface area contributed by atoms with Gasteiger partial charge in [0.05, 0.1) is 13.2 Å². The molecule has 28 heavy (non-hydrogen) atoms. The maximum Gasteiger partial charge on any atom is 0.191 e.